The number of nitrogens with zero attached hydrogens (tertiary/aromatic N) is 3. The van der Waals surface area contributed by atoms with Crippen molar-refractivity contribution in [2.75, 3.05) is 0 Å². The highest BCUT2D eigenvalue weighted by atomic mass is 16.5. The SMILES string of the molecule is Cc1[nH]nc2c1-n1cnc(C(=O)O)c1C(C)O2. The normalized spacial score (nSPS) is 17.2. The number of H-pyrrole nitrogens is 1. The van der Waals surface area contributed by atoms with E-state index >= 15 is 0 Å². The number of hydrogen-bond acceptors (Lipinski definition) is 4. The van der Waals surface area contributed by atoms with Gasteiger partial charge in [0.2, 0.25) is 0 Å². The quantitative estimate of drug-likeness (QED) is 0.769. The van der Waals surface area contributed by atoms with Crippen LogP contribution in [0.1, 0.15) is 34.9 Å². The molecule has 0 saturated carbocycles. The van der Waals surface area contributed by atoms with Crippen molar-refractivity contribution in [1.82, 2.24) is 19.7 Å². The molecule has 1 atom stereocenters. The van der Waals surface area contributed by atoms with Crippen LogP contribution in [-0.4, -0.2) is 30.8 Å². The molecule has 0 bridgehead atoms. The van der Waals surface area contributed by atoms with Gasteiger partial charge in [-0.1, -0.05) is 0 Å². The number of aromatic carboxylic acids is 1. The molecular formula is C10H10N4O3. The van der Waals surface area contributed by atoms with Crippen molar-refractivity contribution in [3.63, 3.8) is 0 Å². The van der Waals surface area contributed by atoms with Crippen molar-refractivity contribution in [1.29, 1.82) is 0 Å². The Hall–Kier alpha value is -2.31. The van der Waals surface area contributed by atoms with Crippen molar-refractivity contribution in [2.45, 2.75) is 20.0 Å². The first-order valence-corrected chi connectivity index (χ1v) is 5.12. The number of rotatable bonds is 1. The highest BCUT2D eigenvalue weighted by molar-refractivity contribution is 5.87. The van der Waals surface area contributed by atoms with E-state index in [1.54, 1.807) is 11.5 Å². The zero-order valence-electron chi connectivity index (χ0n) is 9.26. The molecule has 2 N–H and O–H groups in total. The Bertz CT molecular complexity index is 613. The standard InChI is InChI=1S/C10H10N4O3/c1-4-7-9(13-12-4)17-5(2)8-6(10(15)16)11-3-14(7)8/h3,5H,1-2H3,(H,12,13)(H,15,16). The maximum atomic E-state index is 11.1. The molecule has 1 aliphatic rings. The smallest absolute Gasteiger partial charge is 0.356 e. The topological polar surface area (TPSA) is 93.0 Å². The fourth-order valence-corrected chi connectivity index (χ4v) is 2.08. The second kappa shape index (κ2) is 3.09. The van der Waals surface area contributed by atoms with Gasteiger partial charge in [-0.25, -0.2) is 9.78 Å². The number of imidazole rings is 1. The minimum Gasteiger partial charge on any atom is -0.476 e. The number of carboxylic acids is 1. The number of nitrogens with one attached hydrogen (secondary N) is 1. The summed E-state index contributed by atoms with van der Waals surface area (Å²) >= 11 is 0. The number of carbonyl (C=O) groups is 1. The summed E-state index contributed by atoms with van der Waals surface area (Å²) in [5.74, 6) is -0.587. The molecule has 2 aromatic heterocycles. The number of hydrogen-bond donors (Lipinski definition) is 2. The highest BCUT2D eigenvalue weighted by Crippen LogP contribution is 2.36. The molecule has 0 radical (unpaired) electrons. The summed E-state index contributed by atoms with van der Waals surface area (Å²) in [5.41, 5.74) is 2.08. The maximum Gasteiger partial charge on any atom is 0.356 e. The van der Waals surface area contributed by atoms with Crippen LogP contribution in [0.15, 0.2) is 6.33 Å². The van der Waals surface area contributed by atoms with Crippen LogP contribution < -0.4 is 4.74 Å². The lowest BCUT2D eigenvalue weighted by Crippen LogP contribution is -2.18. The summed E-state index contributed by atoms with van der Waals surface area (Å²) in [5, 5.41) is 15.9. The predicted octanol–water partition coefficient (Wildman–Crippen LogP) is 1.06. The van der Waals surface area contributed by atoms with Gasteiger partial charge in [0, 0.05) is 0 Å². The third kappa shape index (κ3) is 1.19. The van der Waals surface area contributed by atoms with Crippen LogP contribution in [0.2, 0.25) is 0 Å². The Labute approximate surface area is 96.0 Å². The van der Waals surface area contributed by atoms with E-state index in [4.69, 9.17) is 9.84 Å². The van der Waals surface area contributed by atoms with E-state index in [0.29, 0.717) is 11.6 Å². The molecule has 7 nitrogen and oxygen atoms in total. The molecule has 2 aromatic rings. The fraction of sp³-hybridized carbons (Fsp3) is 0.300. The number of aryl methyl sites for hydroxylation is 1. The summed E-state index contributed by atoms with van der Waals surface area (Å²) in [6.45, 7) is 3.61. The molecule has 0 fully saturated rings. The summed E-state index contributed by atoms with van der Waals surface area (Å²) in [6, 6.07) is 0. The maximum absolute atomic E-state index is 11.1. The van der Waals surface area contributed by atoms with Gasteiger partial charge in [-0.05, 0) is 13.8 Å². The van der Waals surface area contributed by atoms with Gasteiger partial charge in [-0.2, -0.15) is 0 Å². The van der Waals surface area contributed by atoms with Gasteiger partial charge < -0.3 is 9.84 Å². The van der Waals surface area contributed by atoms with Gasteiger partial charge in [0.1, 0.15) is 18.1 Å². The Morgan fingerprint density at radius 2 is 2.41 bits per heavy atom. The molecular weight excluding hydrogens is 224 g/mol. The second-order valence-corrected chi connectivity index (χ2v) is 3.92. The van der Waals surface area contributed by atoms with Crippen LogP contribution in [0.3, 0.4) is 0 Å². The van der Waals surface area contributed by atoms with E-state index in [0.717, 1.165) is 11.4 Å². The molecule has 17 heavy (non-hydrogen) atoms. The Balaban J connectivity index is 2.30. The molecule has 3 heterocycles. The third-order valence-electron chi connectivity index (χ3n) is 2.80. The van der Waals surface area contributed by atoms with E-state index in [1.165, 1.54) is 6.33 Å². The predicted molar refractivity (Wildman–Crippen MR) is 56.4 cm³/mol. The zero-order valence-corrected chi connectivity index (χ0v) is 9.26. The minimum absolute atomic E-state index is 0.0174. The van der Waals surface area contributed by atoms with Gasteiger partial charge in [-0.15, -0.1) is 5.10 Å². The first kappa shape index (κ1) is 9.88. The number of aromatic nitrogens is 4. The number of carboxylic acid groups (broad SMARTS) is 1. The summed E-state index contributed by atoms with van der Waals surface area (Å²) < 4.78 is 7.28. The van der Waals surface area contributed by atoms with E-state index < -0.39 is 12.1 Å². The Morgan fingerprint density at radius 3 is 3.12 bits per heavy atom. The average molecular weight is 234 g/mol. The zero-order chi connectivity index (χ0) is 12.2. The monoisotopic (exact) mass is 234 g/mol. The molecule has 88 valence electrons. The lowest BCUT2D eigenvalue weighted by atomic mass is 10.2. The lowest BCUT2D eigenvalue weighted by Gasteiger charge is -2.22. The molecule has 7 heteroatoms. The van der Waals surface area contributed by atoms with E-state index in [2.05, 4.69) is 15.2 Å². The first-order chi connectivity index (χ1) is 8.09. The van der Waals surface area contributed by atoms with Crippen LogP contribution in [0, 0.1) is 6.92 Å². The summed E-state index contributed by atoms with van der Waals surface area (Å²) in [4.78, 5) is 15.0. The molecule has 1 unspecified atom stereocenters. The summed E-state index contributed by atoms with van der Waals surface area (Å²) in [6.07, 6.45) is 1.10. The van der Waals surface area contributed by atoms with E-state index in [1.807, 2.05) is 6.92 Å². The molecule has 3 rings (SSSR count). The van der Waals surface area contributed by atoms with Gasteiger partial charge in [0.05, 0.1) is 11.4 Å². The van der Waals surface area contributed by atoms with E-state index in [-0.39, 0.29) is 5.69 Å². The second-order valence-electron chi connectivity index (χ2n) is 3.92. The molecule has 0 amide bonds. The molecule has 0 spiro atoms. The largest absolute Gasteiger partial charge is 0.476 e. The number of fused-ring (bicyclic) bond motifs is 3. The van der Waals surface area contributed by atoms with E-state index in [9.17, 15) is 4.79 Å². The van der Waals surface area contributed by atoms with Crippen molar-refractivity contribution in [2.24, 2.45) is 0 Å². The van der Waals surface area contributed by atoms with Crippen LogP contribution in [0.25, 0.3) is 5.69 Å². The Morgan fingerprint density at radius 1 is 1.65 bits per heavy atom. The molecule has 0 aliphatic carbocycles. The highest BCUT2D eigenvalue weighted by Gasteiger charge is 2.32. The summed E-state index contributed by atoms with van der Waals surface area (Å²) in [7, 11) is 0. The van der Waals surface area contributed by atoms with Gasteiger partial charge in [0.15, 0.2) is 5.69 Å². The van der Waals surface area contributed by atoms with Crippen molar-refractivity contribution in [3.05, 3.63) is 23.4 Å². The van der Waals surface area contributed by atoms with Gasteiger partial charge in [-0.3, -0.25) is 9.67 Å². The molecule has 0 aromatic carbocycles. The van der Waals surface area contributed by atoms with Crippen LogP contribution in [0.5, 0.6) is 5.88 Å². The first-order valence-electron chi connectivity index (χ1n) is 5.12. The van der Waals surface area contributed by atoms with Crippen LogP contribution >= 0.6 is 0 Å². The Kier molecular flexibility index (Phi) is 1.80. The van der Waals surface area contributed by atoms with Crippen LogP contribution in [0.4, 0.5) is 0 Å². The number of ether oxygens (including phenoxy) is 1. The number of aromatic amines is 1. The van der Waals surface area contributed by atoms with Crippen molar-refractivity contribution < 1.29 is 14.6 Å². The fourth-order valence-electron chi connectivity index (χ4n) is 2.08. The molecule has 1 aliphatic heterocycles. The van der Waals surface area contributed by atoms with Gasteiger partial charge >= 0.3 is 5.97 Å². The lowest BCUT2D eigenvalue weighted by molar-refractivity contribution is 0.0684. The third-order valence-corrected chi connectivity index (χ3v) is 2.80. The van der Waals surface area contributed by atoms with Crippen molar-refractivity contribution >= 4 is 5.97 Å². The minimum atomic E-state index is -1.06. The molecule has 0 saturated heterocycles. The van der Waals surface area contributed by atoms with Crippen molar-refractivity contribution in [3.8, 4) is 11.6 Å². The van der Waals surface area contributed by atoms with Crippen LogP contribution in [-0.2, 0) is 0 Å². The van der Waals surface area contributed by atoms with Gasteiger partial charge in [0.25, 0.3) is 5.88 Å². The average Bonchev–Trinajstić information content (AvgIpc) is 2.82.